The van der Waals surface area contributed by atoms with Gasteiger partial charge in [-0.2, -0.15) is 0 Å². The zero-order valence-electron chi connectivity index (χ0n) is 8.99. The molecule has 4 nitrogen and oxygen atoms in total. The number of nitrogens with one attached hydrogen (secondary N) is 1. The lowest BCUT2D eigenvalue weighted by Crippen LogP contribution is -1.99. The van der Waals surface area contributed by atoms with E-state index >= 15 is 0 Å². The lowest BCUT2D eigenvalue weighted by molar-refractivity contribution is 0.551. The highest BCUT2D eigenvalue weighted by Crippen LogP contribution is 2.31. The van der Waals surface area contributed by atoms with Crippen LogP contribution < -0.4 is 5.32 Å². The average Bonchev–Trinajstić information content (AvgIpc) is 2.68. The number of hydrogen-bond donors (Lipinski definition) is 1. The Balaban J connectivity index is 2.32. The van der Waals surface area contributed by atoms with Gasteiger partial charge in [0.25, 0.3) is 0 Å². The first kappa shape index (κ1) is 12.2. The molecule has 2 aromatic heterocycles. The smallest absolute Gasteiger partial charge is 0.180 e. The Bertz CT molecular complexity index is 544. The van der Waals surface area contributed by atoms with Crippen molar-refractivity contribution in [2.24, 2.45) is 0 Å². The average molecular weight is 274 g/mol. The Morgan fingerprint density at radius 1 is 1.29 bits per heavy atom. The fraction of sp³-hybridized carbons (Fsp3) is 0.222. The van der Waals surface area contributed by atoms with Crippen molar-refractivity contribution in [1.82, 2.24) is 15.2 Å². The molecule has 2 heterocycles. The van der Waals surface area contributed by atoms with Crippen molar-refractivity contribution in [3.63, 3.8) is 0 Å². The van der Waals surface area contributed by atoms with Crippen molar-refractivity contribution in [3.05, 3.63) is 22.7 Å². The molecule has 0 aromatic carbocycles. The molecule has 0 amide bonds. The molecule has 0 spiro atoms. The predicted octanol–water partition coefficient (Wildman–Crippen LogP) is 2.71. The van der Waals surface area contributed by atoms with Crippen molar-refractivity contribution < 1.29 is 8.78 Å². The van der Waals surface area contributed by atoms with Gasteiger partial charge < -0.3 is 5.32 Å². The maximum absolute atomic E-state index is 13.5. The zero-order valence-corrected chi connectivity index (χ0v) is 10.6. The maximum Gasteiger partial charge on any atom is 0.180 e. The van der Waals surface area contributed by atoms with Crippen LogP contribution in [0.5, 0.6) is 0 Å². The standard InChI is InChI=1S/C9H8F2N4S2/c1-4-14-15-9(16-4)17-8-6(11)3-5(10)7(12-2)13-8/h3H,1-2H3,(H,12,13). The van der Waals surface area contributed by atoms with Crippen LogP contribution in [-0.2, 0) is 0 Å². The highest BCUT2D eigenvalue weighted by atomic mass is 32.2. The third-order valence-electron chi connectivity index (χ3n) is 1.83. The van der Waals surface area contributed by atoms with Gasteiger partial charge in [-0.3, -0.25) is 0 Å². The minimum absolute atomic E-state index is 0.00939. The van der Waals surface area contributed by atoms with E-state index in [0.717, 1.165) is 22.8 Å². The first-order valence-electron chi connectivity index (χ1n) is 4.62. The van der Waals surface area contributed by atoms with E-state index in [1.165, 1.54) is 18.4 Å². The number of pyridine rings is 1. The van der Waals surface area contributed by atoms with Crippen molar-refractivity contribution in [2.45, 2.75) is 16.3 Å². The lowest BCUT2D eigenvalue weighted by Gasteiger charge is -2.04. The molecule has 90 valence electrons. The molecule has 0 aliphatic rings. The van der Waals surface area contributed by atoms with Crippen LogP contribution in [0.15, 0.2) is 15.4 Å². The van der Waals surface area contributed by atoms with Gasteiger partial charge in [-0.25, -0.2) is 13.8 Å². The molecule has 1 N–H and O–H groups in total. The van der Waals surface area contributed by atoms with Crippen LogP contribution in [0.3, 0.4) is 0 Å². The normalized spacial score (nSPS) is 10.6. The number of hydrogen-bond acceptors (Lipinski definition) is 6. The Hall–Kier alpha value is -1.28. The molecule has 0 saturated carbocycles. The van der Waals surface area contributed by atoms with Gasteiger partial charge in [0, 0.05) is 13.1 Å². The summed E-state index contributed by atoms with van der Waals surface area (Å²) in [4.78, 5) is 3.84. The summed E-state index contributed by atoms with van der Waals surface area (Å²) < 4.78 is 27.2. The quantitative estimate of drug-likeness (QED) is 0.932. The van der Waals surface area contributed by atoms with Crippen molar-refractivity contribution >= 4 is 28.9 Å². The van der Waals surface area contributed by atoms with E-state index in [-0.39, 0.29) is 10.8 Å². The summed E-state index contributed by atoms with van der Waals surface area (Å²) in [6.45, 7) is 1.80. The molecule has 0 aliphatic carbocycles. The Labute approximate surface area is 104 Å². The van der Waals surface area contributed by atoms with Crippen LogP contribution in [0.2, 0.25) is 0 Å². The number of aryl methyl sites for hydroxylation is 1. The summed E-state index contributed by atoms with van der Waals surface area (Å²) in [6.07, 6.45) is 0. The monoisotopic (exact) mass is 274 g/mol. The number of aromatic nitrogens is 3. The second kappa shape index (κ2) is 4.92. The lowest BCUT2D eigenvalue weighted by atomic mass is 10.4. The molecule has 0 unspecified atom stereocenters. The first-order chi connectivity index (χ1) is 8.10. The largest absolute Gasteiger partial charge is 0.371 e. The molecule has 0 aliphatic heterocycles. The SMILES string of the molecule is CNc1nc(Sc2nnc(C)s2)c(F)cc1F. The van der Waals surface area contributed by atoms with E-state index in [1.54, 1.807) is 6.92 Å². The minimum Gasteiger partial charge on any atom is -0.371 e. The molecule has 0 saturated heterocycles. The van der Waals surface area contributed by atoms with Crippen molar-refractivity contribution in [1.29, 1.82) is 0 Å². The number of anilines is 1. The van der Waals surface area contributed by atoms with Gasteiger partial charge in [-0.15, -0.1) is 10.2 Å². The molecule has 2 rings (SSSR count). The fourth-order valence-corrected chi connectivity index (χ4v) is 2.82. The fourth-order valence-electron chi connectivity index (χ4n) is 1.10. The van der Waals surface area contributed by atoms with Crippen LogP contribution in [0.4, 0.5) is 14.6 Å². The predicted molar refractivity (Wildman–Crippen MR) is 62.5 cm³/mol. The molecule has 17 heavy (non-hydrogen) atoms. The van der Waals surface area contributed by atoms with E-state index in [2.05, 4.69) is 20.5 Å². The summed E-state index contributed by atoms with van der Waals surface area (Å²) in [5.41, 5.74) is 0. The molecule has 0 bridgehead atoms. The first-order valence-corrected chi connectivity index (χ1v) is 6.25. The summed E-state index contributed by atoms with van der Waals surface area (Å²) in [6, 6.07) is 0.801. The topological polar surface area (TPSA) is 50.7 Å². The van der Waals surface area contributed by atoms with E-state index < -0.39 is 11.6 Å². The van der Waals surface area contributed by atoms with Gasteiger partial charge in [-0.1, -0.05) is 11.3 Å². The van der Waals surface area contributed by atoms with E-state index in [0.29, 0.717) is 4.34 Å². The van der Waals surface area contributed by atoms with Crippen LogP contribution in [0, 0.1) is 18.6 Å². The third kappa shape index (κ3) is 2.70. The molecule has 8 heteroatoms. The number of halogens is 2. The summed E-state index contributed by atoms with van der Waals surface area (Å²) in [5, 5.41) is 11.1. The molecule has 0 fully saturated rings. The van der Waals surface area contributed by atoms with Crippen molar-refractivity contribution in [2.75, 3.05) is 12.4 Å². The highest BCUT2D eigenvalue weighted by molar-refractivity contribution is 8.01. The highest BCUT2D eigenvalue weighted by Gasteiger charge is 2.14. The van der Waals surface area contributed by atoms with Crippen LogP contribution in [-0.4, -0.2) is 22.2 Å². The Morgan fingerprint density at radius 3 is 2.65 bits per heavy atom. The van der Waals surface area contributed by atoms with Crippen LogP contribution in [0.25, 0.3) is 0 Å². The van der Waals surface area contributed by atoms with Crippen LogP contribution in [0.1, 0.15) is 5.01 Å². The molecule has 2 aromatic rings. The zero-order chi connectivity index (χ0) is 12.4. The van der Waals surface area contributed by atoms with Gasteiger partial charge in [0.05, 0.1) is 0 Å². The number of nitrogens with zero attached hydrogens (tertiary/aromatic N) is 3. The van der Waals surface area contributed by atoms with Gasteiger partial charge in [-0.05, 0) is 18.7 Å². The summed E-state index contributed by atoms with van der Waals surface area (Å²) >= 11 is 2.35. The minimum atomic E-state index is -0.720. The molecule has 0 atom stereocenters. The second-order valence-corrected chi connectivity index (χ2v) is 5.46. The number of rotatable bonds is 3. The third-order valence-corrected chi connectivity index (χ3v) is 3.69. The van der Waals surface area contributed by atoms with E-state index in [1.807, 2.05) is 0 Å². The van der Waals surface area contributed by atoms with Crippen molar-refractivity contribution in [3.8, 4) is 0 Å². The molecule has 0 radical (unpaired) electrons. The molecular weight excluding hydrogens is 266 g/mol. The van der Waals surface area contributed by atoms with E-state index in [4.69, 9.17) is 0 Å². The summed E-state index contributed by atoms with van der Waals surface area (Å²) in [7, 11) is 1.52. The molecular formula is C9H8F2N4S2. The Kier molecular flexibility index (Phi) is 3.53. The van der Waals surface area contributed by atoms with Gasteiger partial charge >= 0.3 is 0 Å². The van der Waals surface area contributed by atoms with Gasteiger partial charge in [0.1, 0.15) is 10.0 Å². The summed E-state index contributed by atoms with van der Waals surface area (Å²) in [5.74, 6) is -1.42. The Morgan fingerprint density at radius 2 is 2.06 bits per heavy atom. The maximum atomic E-state index is 13.5. The van der Waals surface area contributed by atoms with E-state index in [9.17, 15) is 8.78 Å². The second-order valence-electron chi connectivity index (χ2n) is 3.04. The van der Waals surface area contributed by atoms with Gasteiger partial charge in [0.15, 0.2) is 21.8 Å². The van der Waals surface area contributed by atoms with Crippen LogP contribution >= 0.6 is 23.1 Å². The van der Waals surface area contributed by atoms with Gasteiger partial charge in [0.2, 0.25) is 0 Å².